The highest BCUT2D eigenvalue weighted by molar-refractivity contribution is 5.88. The zero-order valence-electron chi connectivity index (χ0n) is 8.45. The topological polar surface area (TPSA) is 63.1 Å². The minimum absolute atomic E-state index is 0.226. The van der Waals surface area contributed by atoms with Crippen LogP contribution in [0.25, 0.3) is 0 Å². The van der Waals surface area contributed by atoms with Crippen molar-refractivity contribution in [2.24, 2.45) is 0 Å². The van der Waals surface area contributed by atoms with Crippen molar-refractivity contribution < 1.29 is 9.90 Å². The molecule has 1 rings (SSSR count). The van der Waals surface area contributed by atoms with Crippen molar-refractivity contribution in [2.75, 3.05) is 0 Å². The molecule has 0 amide bonds. The number of hydrogen-bond donors (Lipinski definition) is 1. The molecule has 0 saturated heterocycles. The van der Waals surface area contributed by atoms with Crippen molar-refractivity contribution in [1.82, 2.24) is 9.97 Å². The average molecular weight is 194 g/mol. The summed E-state index contributed by atoms with van der Waals surface area (Å²) in [6.45, 7) is 3.95. The van der Waals surface area contributed by atoms with Gasteiger partial charge in [0, 0.05) is 12.6 Å². The Morgan fingerprint density at radius 1 is 1.50 bits per heavy atom. The summed E-state index contributed by atoms with van der Waals surface area (Å²) in [6.07, 6.45) is 3.72. The van der Waals surface area contributed by atoms with E-state index in [1.165, 1.54) is 6.20 Å². The van der Waals surface area contributed by atoms with Gasteiger partial charge in [-0.15, -0.1) is 0 Å². The lowest BCUT2D eigenvalue weighted by molar-refractivity contribution is 0.0694. The molecular weight excluding hydrogens is 180 g/mol. The molecule has 0 radical (unpaired) electrons. The van der Waals surface area contributed by atoms with E-state index in [4.69, 9.17) is 5.11 Å². The van der Waals surface area contributed by atoms with Gasteiger partial charge in [-0.2, -0.15) is 0 Å². The summed E-state index contributed by atoms with van der Waals surface area (Å²) < 4.78 is 0. The Morgan fingerprint density at radius 3 is 2.71 bits per heavy atom. The Hall–Kier alpha value is -1.45. The average Bonchev–Trinajstić information content (AvgIpc) is 2.17. The molecule has 0 fully saturated rings. The molecule has 1 N–H and O–H groups in total. The lowest BCUT2D eigenvalue weighted by Crippen LogP contribution is -2.08. The molecule has 1 heterocycles. The monoisotopic (exact) mass is 194 g/mol. The Bertz CT molecular complexity index is 337. The van der Waals surface area contributed by atoms with Crippen molar-refractivity contribution in [3.05, 3.63) is 23.3 Å². The summed E-state index contributed by atoms with van der Waals surface area (Å²) >= 11 is 0. The van der Waals surface area contributed by atoms with E-state index in [-0.39, 0.29) is 5.56 Å². The first kappa shape index (κ1) is 10.6. The largest absolute Gasteiger partial charge is 0.478 e. The van der Waals surface area contributed by atoms with Crippen LogP contribution in [0.15, 0.2) is 6.20 Å². The zero-order valence-corrected chi connectivity index (χ0v) is 8.45. The van der Waals surface area contributed by atoms with Gasteiger partial charge in [0.05, 0.1) is 11.3 Å². The third-order valence-corrected chi connectivity index (χ3v) is 1.95. The van der Waals surface area contributed by atoms with E-state index in [1.807, 2.05) is 13.8 Å². The van der Waals surface area contributed by atoms with Crippen LogP contribution in [0.3, 0.4) is 0 Å². The number of carbonyl (C=O) groups is 1. The Balaban J connectivity index is 3.10. The molecule has 14 heavy (non-hydrogen) atoms. The van der Waals surface area contributed by atoms with Crippen LogP contribution in [-0.4, -0.2) is 21.0 Å². The molecule has 1 aromatic heterocycles. The SMILES string of the molecule is CCCc1nc(CC)ncc1C(=O)O. The van der Waals surface area contributed by atoms with Crippen molar-refractivity contribution in [3.63, 3.8) is 0 Å². The van der Waals surface area contributed by atoms with Crippen molar-refractivity contribution in [1.29, 1.82) is 0 Å². The number of aromatic carboxylic acids is 1. The first-order valence-corrected chi connectivity index (χ1v) is 4.77. The van der Waals surface area contributed by atoms with Gasteiger partial charge in [0.1, 0.15) is 5.82 Å². The normalized spacial score (nSPS) is 10.1. The summed E-state index contributed by atoms with van der Waals surface area (Å²) in [5.41, 5.74) is 0.871. The van der Waals surface area contributed by atoms with Crippen LogP contribution in [0.1, 0.15) is 42.1 Å². The van der Waals surface area contributed by atoms with Crippen LogP contribution < -0.4 is 0 Å². The summed E-state index contributed by atoms with van der Waals surface area (Å²) in [6, 6.07) is 0. The lowest BCUT2D eigenvalue weighted by atomic mass is 10.1. The van der Waals surface area contributed by atoms with Gasteiger partial charge < -0.3 is 5.11 Å². The first-order chi connectivity index (χ1) is 6.69. The van der Waals surface area contributed by atoms with Crippen LogP contribution >= 0.6 is 0 Å². The molecule has 4 heteroatoms. The van der Waals surface area contributed by atoms with Crippen molar-refractivity contribution >= 4 is 5.97 Å². The molecule has 0 bridgehead atoms. The number of carboxylic acids is 1. The predicted molar refractivity (Wildman–Crippen MR) is 52.4 cm³/mol. The summed E-state index contributed by atoms with van der Waals surface area (Å²) in [5, 5.41) is 8.88. The van der Waals surface area contributed by atoms with E-state index in [2.05, 4.69) is 9.97 Å². The third kappa shape index (κ3) is 2.28. The molecular formula is C10H14N2O2. The van der Waals surface area contributed by atoms with Gasteiger partial charge in [0.2, 0.25) is 0 Å². The molecule has 1 aromatic rings. The molecule has 0 aliphatic rings. The molecule has 4 nitrogen and oxygen atoms in total. The maximum Gasteiger partial charge on any atom is 0.339 e. The standard InChI is InChI=1S/C10H14N2O2/c1-3-5-8-7(10(13)14)6-11-9(4-2)12-8/h6H,3-5H2,1-2H3,(H,13,14). The van der Waals surface area contributed by atoms with E-state index in [0.29, 0.717) is 17.9 Å². The Kier molecular flexibility index (Phi) is 3.56. The highest BCUT2D eigenvalue weighted by Gasteiger charge is 2.11. The molecule has 0 atom stereocenters. The Labute approximate surface area is 83.0 Å². The fraction of sp³-hybridized carbons (Fsp3) is 0.500. The smallest absolute Gasteiger partial charge is 0.339 e. The number of aryl methyl sites for hydroxylation is 2. The minimum atomic E-state index is -0.948. The summed E-state index contributed by atoms with van der Waals surface area (Å²) in [7, 11) is 0. The second-order valence-corrected chi connectivity index (χ2v) is 3.06. The highest BCUT2D eigenvalue weighted by Crippen LogP contribution is 2.08. The van der Waals surface area contributed by atoms with Gasteiger partial charge in [0.25, 0.3) is 0 Å². The third-order valence-electron chi connectivity index (χ3n) is 1.95. The highest BCUT2D eigenvalue weighted by atomic mass is 16.4. The number of nitrogens with zero attached hydrogens (tertiary/aromatic N) is 2. The van der Waals surface area contributed by atoms with Gasteiger partial charge >= 0.3 is 5.97 Å². The molecule has 0 aliphatic heterocycles. The number of carboxylic acid groups (broad SMARTS) is 1. The molecule has 0 aliphatic carbocycles. The van der Waals surface area contributed by atoms with Gasteiger partial charge in [-0.1, -0.05) is 20.3 Å². The van der Waals surface area contributed by atoms with Crippen molar-refractivity contribution in [2.45, 2.75) is 33.1 Å². The molecule has 0 spiro atoms. The second kappa shape index (κ2) is 4.69. The Morgan fingerprint density at radius 2 is 2.21 bits per heavy atom. The van der Waals surface area contributed by atoms with E-state index >= 15 is 0 Å². The second-order valence-electron chi connectivity index (χ2n) is 3.06. The first-order valence-electron chi connectivity index (χ1n) is 4.77. The van der Waals surface area contributed by atoms with Crippen LogP contribution in [0, 0.1) is 0 Å². The molecule has 0 unspecified atom stereocenters. The molecule has 76 valence electrons. The van der Waals surface area contributed by atoms with E-state index in [1.54, 1.807) is 0 Å². The van der Waals surface area contributed by atoms with Gasteiger partial charge in [0.15, 0.2) is 0 Å². The van der Waals surface area contributed by atoms with E-state index in [9.17, 15) is 4.79 Å². The lowest BCUT2D eigenvalue weighted by Gasteiger charge is -2.04. The van der Waals surface area contributed by atoms with Gasteiger partial charge in [-0.25, -0.2) is 14.8 Å². The maximum absolute atomic E-state index is 10.8. The zero-order chi connectivity index (χ0) is 10.6. The predicted octanol–water partition coefficient (Wildman–Crippen LogP) is 1.69. The number of hydrogen-bond acceptors (Lipinski definition) is 3. The van der Waals surface area contributed by atoms with E-state index in [0.717, 1.165) is 12.8 Å². The minimum Gasteiger partial charge on any atom is -0.478 e. The van der Waals surface area contributed by atoms with E-state index < -0.39 is 5.97 Å². The molecule has 0 aromatic carbocycles. The van der Waals surface area contributed by atoms with Crippen LogP contribution in [-0.2, 0) is 12.8 Å². The summed E-state index contributed by atoms with van der Waals surface area (Å²) in [4.78, 5) is 19.0. The number of aromatic nitrogens is 2. The summed E-state index contributed by atoms with van der Waals surface area (Å²) in [5.74, 6) is -0.241. The van der Waals surface area contributed by atoms with Gasteiger partial charge in [-0.3, -0.25) is 0 Å². The van der Waals surface area contributed by atoms with Crippen molar-refractivity contribution in [3.8, 4) is 0 Å². The fourth-order valence-electron chi connectivity index (χ4n) is 1.23. The fourth-order valence-corrected chi connectivity index (χ4v) is 1.23. The number of rotatable bonds is 4. The maximum atomic E-state index is 10.8. The quantitative estimate of drug-likeness (QED) is 0.792. The van der Waals surface area contributed by atoms with Crippen LogP contribution in [0.2, 0.25) is 0 Å². The van der Waals surface area contributed by atoms with Crippen LogP contribution in [0.5, 0.6) is 0 Å². The van der Waals surface area contributed by atoms with Gasteiger partial charge in [-0.05, 0) is 6.42 Å². The van der Waals surface area contributed by atoms with Crippen LogP contribution in [0.4, 0.5) is 0 Å². The molecule has 0 saturated carbocycles.